The van der Waals surface area contributed by atoms with Gasteiger partial charge in [0.2, 0.25) is 0 Å². The van der Waals surface area contributed by atoms with E-state index in [-0.39, 0.29) is 17.3 Å². The Hall–Kier alpha value is -3.16. The summed E-state index contributed by atoms with van der Waals surface area (Å²) in [6, 6.07) is 24.4. The third-order valence-corrected chi connectivity index (χ3v) is 6.65. The van der Waals surface area contributed by atoms with Crippen LogP contribution in [0.3, 0.4) is 0 Å². The zero-order valence-electron chi connectivity index (χ0n) is 18.1. The monoisotopic (exact) mass is 452 g/mol. The average molecular weight is 453 g/mol. The summed E-state index contributed by atoms with van der Waals surface area (Å²) in [6.07, 6.45) is 0.678. The Morgan fingerprint density at radius 1 is 0.906 bits per heavy atom. The lowest BCUT2D eigenvalue weighted by atomic mass is 10.1. The number of carbonyl (C=O) groups is 1. The molecule has 0 radical (unpaired) electrons. The molecule has 3 rings (SSSR count). The number of para-hydroxylation sites is 1. The van der Waals surface area contributed by atoms with E-state index in [2.05, 4.69) is 5.32 Å². The molecule has 0 unspecified atom stereocenters. The minimum absolute atomic E-state index is 0.104. The van der Waals surface area contributed by atoms with Gasteiger partial charge < -0.3 is 10.1 Å². The summed E-state index contributed by atoms with van der Waals surface area (Å²) in [5.74, 6) is -0.321. The number of amides is 1. The smallest absolute Gasteiger partial charge is 0.264 e. The van der Waals surface area contributed by atoms with Crippen LogP contribution in [0.2, 0.25) is 0 Å². The minimum atomic E-state index is -3.91. The van der Waals surface area contributed by atoms with E-state index in [1.165, 1.54) is 4.31 Å². The van der Waals surface area contributed by atoms with E-state index in [1.807, 2.05) is 37.3 Å². The van der Waals surface area contributed by atoms with Gasteiger partial charge in [-0.1, -0.05) is 60.7 Å². The molecular weight excluding hydrogens is 424 g/mol. The van der Waals surface area contributed by atoms with Crippen molar-refractivity contribution < 1.29 is 17.9 Å². The molecule has 1 amide bonds. The zero-order chi connectivity index (χ0) is 22.8. The molecule has 6 nitrogen and oxygen atoms in total. The van der Waals surface area contributed by atoms with E-state index < -0.39 is 10.0 Å². The van der Waals surface area contributed by atoms with Crippen LogP contribution in [-0.4, -0.2) is 34.1 Å². The van der Waals surface area contributed by atoms with Crippen LogP contribution in [0.5, 0.6) is 0 Å². The quantitative estimate of drug-likeness (QED) is 0.442. The van der Waals surface area contributed by atoms with Crippen molar-refractivity contribution in [2.24, 2.45) is 0 Å². The number of hydrogen-bond donors (Lipinski definition) is 1. The fraction of sp³-hybridized carbons (Fsp3) is 0.240. The largest absolute Gasteiger partial charge is 0.382 e. The molecule has 0 aliphatic rings. The Labute approximate surface area is 189 Å². The van der Waals surface area contributed by atoms with Crippen LogP contribution in [0.15, 0.2) is 89.8 Å². The topological polar surface area (TPSA) is 75.7 Å². The first kappa shape index (κ1) is 23.5. The summed E-state index contributed by atoms with van der Waals surface area (Å²) < 4.78 is 33.8. The summed E-state index contributed by atoms with van der Waals surface area (Å²) in [4.78, 5) is 13.1. The number of sulfonamides is 1. The fourth-order valence-electron chi connectivity index (χ4n) is 3.27. The van der Waals surface area contributed by atoms with Gasteiger partial charge in [0.25, 0.3) is 15.9 Å². The third-order valence-electron chi connectivity index (χ3n) is 4.87. The van der Waals surface area contributed by atoms with E-state index in [4.69, 9.17) is 4.74 Å². The van der Waals surface area contributed by atoms with Crippen molar-refractivity contribution in [1.29, 1.82) is 0 Å². The second kappa shape index (κ2) is 11.5. The van der Waals surface area contributed by atoms with Crippen molar-refractivity contribution in [3.8, 4) is 0 Å². The molecule has 0 spiro atoms. The van der Waals surface area contributed by atoms with Crippen molar-refractivity contribution >= 4 is 21.6 Å². The number of nitrogens with zero attached hydrogens (tertiary/aromatic N) is 1. The molecule has 3 aromatic carbocycles. The number of hydrogen-bond acceptors (Lipinski definition) is 4. The second-order valence-electron chi connectivity index (χ2n) is 7.13. The molecule has 0 saturated carbocycles. The van der Waals surface area contributed by atoms with Gasteiger partial charge in [0.15, 0.2) is 0 Å². The molecule has 0 atom stereocenters. The predicted octanol–water partition coefficient (Wildman–Crippen LogP) is 4.24. The van der Waals surface area contributed by atoms with Crippen LogP contribution in [0.25, 0.3) is 0 Å². The van der Waals surface area contributed by atoms with Crippen molar-refractivity contribution in [2.45, 2.75) is 24.8 Å². The molecule has 0 aromatic heterocycles. The first-order chi connectivity index (χ1) is 15.5. The summed E-state index contributed by atoms with van der Waals surface area (Å²) in [6.45, 7) is 3.65. The van der Waals surface area contributed by atoms with Crippen LogP contribution in [0, 0.1) is 0 Å². The second-order valence-corrected chi connectivity index (χ2v) is 9.00. The highest BCUT2D eigenvalue weighted by Crippen LogP contribution is 2.29. The van der Waals surface area contributed by atoms with Gasteiger partial charge in [0.05, 0.1) is 22.7 Å². The maximum Gasteiger partial charge on any atom is 0.264 e. The first-order valence-corrected chi connectivity index (χ1v) is 12.0. The lowest BCUT2D eigenvalue weighted by molar-refractivity contribution is 0.0945. The molecule has 168 valence electrons. The molecule has 32 heavy (non-hydrogen) atoms. The molecule has 0 aliphatic carbocycles. The number of ether oxygens (including phenoxy) is 1. The number of benzene rings is 3. The Kier molecular flexibility index (Phi) is 8.41. The van der Waals surface area contributed by atoms with Gasteiger partial charge >= 0.3 is 0 Å². The molecule has 0 fully saturated rings. The Morgan fingerprint density at radius 2 is 1.53 bits per heavy atom. The summed E-state index contributed by atoms with van der Waals surface area (Å²) in [5.41, 5.74) is 1.46. The van der Waals surface area contributed by atoms with E-state index in [0.29, 0.717) is 37.4 Å². The van der Waals surface area contributed by atoms with Gasteiger partial charge in [-0.3, -0.25) is 9.10 Å². The van der Waals surface area contributed by atoms with E-state index >= 15 is 0 Å². The highest BCUT2D eigenvalue weighted by atomic mass is 32.2. The number of carbonyl (C=O) groups excluding carboxylic acids is 1. The van der Waals surface area contributed by atoms with E-state index in [9.17, 15) is 13.2 Å². The van der Waals surface area contributed by atoms with Crippen molar-refractivity contribution in [3.05, 3.63) is 96.1 Å². The van der Waals surface area contributed by atoms with Crippen LogP contribution in [0.4, 0.5) is 5.69 Å². The van der Waals surface area contributed by atoms with Crippen molar-refractivity contribution in [2.75, 3.05) is 24.1 Å². The van der Waals surface area contributed by atoms with Gasteiger partial charge in [-0.15, -0.1) is 0 Å². The Balaban J connectivity index is 1.96. The SMILES string of the molecule is CCOCCCNC(=O)c1ccccc1N(Cc1ccccc1)S(=O)(=O)c1ccccc1. The van der Waals surface area contributed by atoms with Crippen molar-refractivity contribution in [3.63, 3.8) is 0 Å². The van der Waals surface area contributed by atoms with Gasteiger partial charge in [-0.25, -0.2) is 8.42 Å². The van der Waals surface area contributed by atoms with Crippen LogP contribution < -0.4 is 9.62 Å². The molecular formula is C25H28N2O4S. The maximum absolute atomic E-state index is 13.6. The summed E-state index contributed by atoms with van der Waals surface area (Å²) in [5, 5.41) is 2.87. The minimum Gasteiger partial charge on any atom is -0.382 e. The highest BCUT2D eigenvalue weighted by Gasteiger charge is 2.28. The third kappa shape index (κ3) is 5.96. The standard InChI is InChI=1S/C25H28N2O4S/c1-2-31-19-11-18-26-25(28)23-16-9-10-17-24(23)27(20-21-12-5-3-6-13-21)32(29,30)22-14-7-4-8-15-22/h3-10,12-17H,2,11,18-20H2,1H3,(H,26,28). The fourth-order valence-corrected chi connectivity index (χ4v) is 4.76. The zero-order valence-corrected chi connectivity index (χ0v) is 18.9. The van der Waals surface area contributed by atoms with Crippen LogP contribution in [0.1, 0.15) is 29.3 Å². The molecule has 0 saturated heterocycles. The lowest BCUT2D eigenvalue weighted by Gasteiger charge is -2.26. The van der Waals surface area contributed by atoms with Gasteiger partial charge in [-0.2, -0.15) is 0 Å². The summed E-state index contributed by atoms with van der Waals surface area (Å²) in [7, 11) is -3.91. The van der Waals surface area contributed by atoms with Gasteiger partial charge in [0.1, 0.15) is 0 Å². The van der Waals surface area contributed by atoms with Crippen LogP contribution in [-0.2, 0) is 21.3 Å². The van der Waals surface area contributed by atoms with Crippen LogP contribution >= 0.6 is 0 Å². The van der Waals surface area contributed by atoms with E-state index in [1.54, 1.807) is 54.6 Å². The number of anilines is 1. The molecule has 3 aromatic rings. The maximum atomic E-state index is 13.6. The van der Waals surface area contributed by atoms with Gasteiger partial charge in [0, 0.05) is 19.8 Å². The summed E-state index contributed by atoms with van der Waals surface area (Å²) >= 11 is 0. The first-order valence-electron chi connectivity index (χ1n) is 10.6. The molecule has 1 N–H and O–H groups in total. The van der Waals surface area contributed by atoms with E-state index in [0.717, 1.165) is 5.56 Å². The lowest BCUT2D eigenvalue weighted by Crippen LogP contribution is -2.34. The Bertz CT molecular complexity index is 1100. The molecule has 0 heterocycles. The Morgan fingerprint density at radius 3 is 2.22 bits per heavy atom. The number of rotatable bonds is 11. The van der Waals surface area contributed by atoms with Gasteiger partial charge in [-0.05, 0) is 43.2 Å². The molecule has 7 heteroatoms. The van der Waals surface area contributed by atoms with Crippen molar-refractivity contribution in [1.82, 2.24) is 5.32 Å². The highest BCUT2D eigenvalue weighted by molar-refractivity contribution is 7.92. The molecule has 0 bridgehead atoms. The number of nitrogens with one attached hydrogen (secondary N) is 1. The predicted molar refractivity (Wildman–Crippen MR) is 126 cm³/mol. The molecule has 0 aliphatic heterocycles. The normalized spacial score (nSPS) is 11.2. The average Bonchev–Trinajstić information content (AvgIpc) is 2.83.